The molecular weight excluding hydrogens is 326 g/mol. The molecule has 132 valence electrons. The third kappa shape index (κ3) is 3.86. The van der Waals surface area contributed by atoms with E-state index in [0.29, 0.717) is 17.1 Å². The number of hydrogen-bond acceptors (Lipinski definition) is 5. The van der Waals surface area contributed by atoms with Crippen LogP contribution in [0.5, 0.6) is 5.75 Å². The van der Waals surface area contributed by atoms with Crippen LogP contribution in [0.25, 0.3) is 0 Å². The first kappa shape index (κ1) is 18.6. The lowest BCUT2D eigenvalue weighted by Gasteiger charge is -2.31. The quantitative estimate of drug-likeness (QED) is 0.763. The van der Waals surface area contributed by atoms with Gasteiger partial charge in [-0.3, -0.25) is 4.79 Å². The molecule has 5 nitrogen and oxygen atoms in total. The van der Waals surface area contributed by atoms with Gasteiger partial charge in [-0.25, -0.2) is 4.79 Å². The predicted molar refractivity (Wildman–Crippen MR) is 95.3 cm³/mol. The normalized spacial score (nSPS) is 20.5. The zero-order valence-corrected chi connectivity index (χ0v) is 15.6. The number of rotatable bonds is 5. The second-order valence-electron chi connectivity index (χ2n) is 6.38. The smallest absolute Gasteiger partial charge is 0.330 e. The molecule has 1 fully saturated rings. The lowest BCUT2D eigenvalue weighted by Crippen LogP contribution is -2.48. The Kier molecular flexibility index (Phi) is 6.15. The van der Waals surface area contributed by atoms with Crippen LogP contribution >= 0.6 is 11.8 Å². The fourth-order valence-corrected chi connectivity index (χ4v) is 4.22. The van der Waals surface area contributed by atoms with Crippen molar-refractivity contribution in [3.8, 4) is 5.75 Å². The molecule has 0 bridgehead atoms. The van der Waals surface area contributed by atoms with Gasteiger partial charge in [-0.05, 0) is 31.9 Å². The zero-order chi connectivity index (χ0) is 17.9. The largest absolute Gasteiger partial charge is 0.496 e. The highest BCUT2D eigenvalue weighted by Gasteiger charge is 2.44. The Balaban J connectivity index is 2.35. The van der Waals surface area contributed by atoms with Gasteiger partial charge in [0.15, 0.2) is 0 Å². The van der Waals surface area contributed by atoms with Crippen LogP contribution < -0.4 is 4.74 Å². The second-order valence-corrected chi connectivity index (χ2v) is 7.53. The average molecular weight is 351 g/mol. The van der Waals surface area contributed by atoms with E-state index >= 15 is 0 Å². The molecule has 1 heterocycles. The molecule has 1 aromatic carbocycles. The van der Waals surface area contributed by atoms with Crippen LogP contribution in [0.2, 0.25) is 0 Å². The molecule has 0 N–H and O–H groups in total. The summed E-state index contributed by atoms with van der Waals surface area (Å²) in [6.07, 6.45) is -0.205. The summed E-state index contributed by atoms with van der Waals surface area (Å²) in [7, 11) is 1.54. The van der Waals surface area contributed by atoms with Crippen LogP contribution in [-0.2, 0) is 9.53 Å². The van der Waals surface area contributed by atoms with Gasteiger partial charge in [-0.2, -0.15) is 0 Å². The molecule has 0 aliphatic carbocycles. The fraction of sp³-hybridized carbons (Fsp3) is 0.556. The Morgan fingerprint density at radius 1 is 1.21 bits per heavy atom. The number of esters is 1. The Bertz CT molecular complexity index is 602. The lowest BCUT2D eigenvalue weighted by molar-refractivity contribution is -0.152. The Labute approximate surface area is 147 Å². The van der Waals surface area contributed by atoms with Crippen molar-refractivity contribution in [1.29, 1.82) is 0 Å². The van der Waals surface area contributed by atoms with Gasteiger partial charge >= 0.3 is 5.97 Å². The minimum absolute atomic E-state index is 0.0628. The van der Waals surface area contributed by atoms with Crippen LogP contribution in [0.4, 0.5) is 0 Å². The number of hydrogen-bond donors (Lipinski definition) is 0. The molecule has 6 heteroatoms. The molecule has 1 aliphatic rings. The third-order valence-corrected chi connectivity index (χ3v) is 5.42. The van der Waals surface area contributed by atoms with Gasteiger partial charge in [0.25, 0.3) is 5.91 Å². The van der Waals surface area contributed by atoms with E-state index in [1.165, 1.54) is 7.11 Å². The summed E-state index contributed by atoms with van der Waals surface area (Å²) in [6, 6.07) is 6.53. The third-order valence-electron chi connectivity index (χ3n) is 3.80. The monoisotopic (exact) mass is 351 g/mol. The van der Waals surface area contributed by atoms with Crippen molar-refractivity contribution in [3.63, 3.8) is 0 Å². The van der Waals surface area contributed by atoms with E-state index < -0.39 is 6.04 Å². The molecule has 1 amide bonds. The summed E-state index contributed by atoms with van der Waals surface area (Å²) in [5, 5.41) is -0.0628. The van der Waals surface area contributed by atoms with Gasteiger partial charge in [-0.15, -0.1) is 11.8 Å². The van der Waals surface area contributed by atoms with Crippen molar-refractivity contribution in [2.45, 2.75) is 45.2 Å². The summed E-state index contributed by atoms with van der Waals surface area (Å²) >= 11 is 1.62. The number of benzene rings is 1. The molecule has 0 aromatic heterocycles. The highest BCUT2D eigenvalue weighted by atomic mass is 32.2. The molecule has 0 spiro atoms. The zero-order valence-electron chi connectivity index (χ0n) is 14.8. The topological polar surface area (TPSA) is 55.8 Å². The molecule has 24 heavy (non-hydrogen) atoms. The second kappa shape index (κ2) is 7.92. The molecule has 1 aliphatic heterocycles. The van der Waals surface area contributed by atoms with Crippen molar-refractivity contribution < 1.29 is 19.1 Å². The van der Waals surface area contributed by atoms with Gasteiger partial charge in [0.05, 0.1) is 24.2 Å². The van der Waals surface area contributed by atoms with E-state index in [-0.39, 0.29) is 29.3 Å². The van der Waals surface area contributed by atoms with E-state index in [9.17, 15) is 9.59 Å². The Morgan fingerprint density at radius 3 is 2.46 bits per heavy atom. The van der Waals surface area contributed by atoms with Crippen LogP contribution in [-0.4, -0.2) is 47.2 Å². The molecule has 2 rings (SSSR count). The van der Waals surface area contributed by atoms with Gasteiger partial charge < -0.3 is 14.4 Å². The molecular formula is C18H25NO4S. The van der Waals surface area contributed by atoms with Crippen molar-refractivity contribution in [2.75, 3.05) is 12.9 Å². The highest BCUT2D eigenvalue weighted by Crippen LogP contribution is 2.36. The Morgan fingerprint density at radius 2 is 1.88 bits per heavy atom. The Hall–Kier alpha value is -1.69. The predicted octanol–water partition coefficient (Wildman–Crippen LogP) is 3.19. The van der Waals surface area contributed by atoms with E-state index in [1.807, 2.05) is 19.9 Å². The van der Waals surface area contributed by atoms with Crippen molar-refractivity contribution >= 4 is 23.6 Å². The molecule has 2 atom stereocenters. The number of amides is 1. The first-order valence-corrected chi connectivity index (χ1v) is 9.19. The average Bonchev–Trinajstić information content (AvgIpc) is 2.98. The van der Waals surface area contributed by atoms with Crippen LogP contribution in [0.3, 0.4) is 0 Å². The molecule has 0 saturated carbocycles. The minimum Gasteiger partial charge on any atom is -0.496 e. The molecule has 1 saturated heterocycles. The number of nitrogens with zero attached hydrogens (tertiary/aromatic N) is 1. The minimum atomic E-state index is -0.567. The maximum Gasteiger partial charge on any atom is 0.330 e. The molecule has 2 unspecified atom stereocenters. The maximum atomic E-state index is 13.2. The van der Waals surface area contributed by atoms with E-state index in [2.05, 4.69) is 13.8 Å². The van der Waals surface area contributed by atoms with Crippen LogP contribution in [0.1, 0.15) is 38.1 Å². The summed E-state index contributed by atoms with van der Waals surface area (Å²) < 4.78 is 10.7. The maximum absolute atomic E-state index is 13.2. The highest BCUT2D eigenvalue weighted by molar-refractivity contribution is 8.00. The molecule has 0 radical (unpaired) electrons. The first-order chi connectivity index (χ1) is 11.4. The summed E-state index contributed by atoms with van der Waals surface area (Å²) in [4.78, 5) is 27.3. The standard InChI is InChI=1S/C18H25NO4S/c1-11(2)17-19(14(10-24-17)18(21)23-12(3)4)16(20)13-8-6-7-9-15(13)22-5/h6-9,11-12,14,17H,10H2,1-5H3. The SMILES string of the molecule is COc1ccccc1C(=O)N1C(C(=O)OC(C)C)CSC1C(C)C. The fourth-order valence-electron chi connectivity index (χ4n) is 2.75. The van der Waals surface area contributed by atoms with Gasteiger partial charge in [0.1, 0.15) is 11.8 Å². The number of ether oxygens (including phenoxy) is 2. The number of carbonyl (C=O) groups is 2. The van der Waals surface area contributed by atoms with Gasteiger partial charge in [0.2, 0.25) is 0 Å². The van der Waals surface area contributed by atoms with Crippen molar-refractivity contribution in [2.24, 2.45) is 5.92 Å². The summed E-state index contributed by atoms with van der Waals surface area (Å²) in [5.41, 5.74) is 0.468. The van der Waals surface area contributed by atoms with Gasteiger partial charge in [-0.1, -0.05) is 26.0 Å². The van der Waals surface area contributed by atoms with Crippen molar-refractivity contribution in [1.82, 2.24) is 4.90 Å². The summed E-state index contributed by atoms with van der Waals surface area (Å²) in [5.74, 6) is 0.754. The van der Waals surface area contributed by atoms with E-state index in [4.69, 9.17) is 9.47 Å². The number of thioether (sulfide) groups is 1. The van der Waals surface area contributed by atoms with Crippen molar-refractivity contribution in [3.05, 3.63) is 29.8 Å². The van der Waals surface area contributed by atoms with E-state index in [0.717, 1.165) is 0 Å². The molecule has 1 aromatic rings. The summed E-state index contributed by atoms with van der Waals surface area (Å²) in [6.45, 7) is 7.73. The number of methoxy groups -OCH3 is 1. The number of carbonyl (C=O) groups excluding carboxylic acids is 2. The van der Waals surface area contributed by atoms with Crippen LogP contribution in [0, 0.1) is 5.92 Å². The number of para-hydroxylation sites is 1. The lowest BCUT2D eigenvalue weighted by atomic mass is 10.1. The first-order valence-electron chi connectivity index (χ1n) is 8.14. The van der Waals surface area contributed by atoms with Gasteiger partial charge in [0, 0.05) is 5.75 Å². The van der Waals surface area contributed by atoms with Crippen LogP contribution in [0.15, 0.2) is 24.3 Å². The van der Waals surface area contributed by atoms with E-state index in [1.54, 1.807) is 34.9 Å².